The Balaban J connectivity index is 1.55. The van der Waals surface area contributed by atoms with Crippen LogP contribution in [0.2, 0.25) is 0 Å². The molecule has 2 unspecified atom stereocenters. The van der Waals surface area contributed by atoms with Crippen LogP contribution in [-0.2, 0) is 9.53 Å². The summed E-state index contributed by atoms with van der Waals surface area (Å²) in [6, 6.07) is 1.57. The second kappa shape index (κ2) is 8.79. The van der Waals surface area contributed by atoms with Crippen molar-refractivity contribution in [3.8, 4) is 0 Å². The van der Waals surface area contributed by atoms with Crippen molar-refractivity contribution in [1.82, 2.24) is 21.1 Å². The van der Waals surface area contributed by atoms with Crippen molar-refractivity contribution in [2.75, 3.05) is 31.6 Å². The highest BCUT2D eigenvalue weighted by Gasteiger charge is 2.34. The van der Waals surface area contributed by atoms with E-state index in [9.17, 15) is 14.4 Å². The number of nitrogens with one attached hydrogen (secondary N) is 4. The third kappa shape index (κ3) is 5.04. The summed E-state index contributed by atoms with van der Waals surface area (Å²) in [7, 11) is 0. The molecule has 1 aromatic heterocycles. The Morgan fingerprint density at radius 1 is 1.41 bits per heavy atom. The number of carbonyl (C=O) groups excluding carboxylic acids is 3. The Bertz CT molecular complexity index is 707. The van der Waals surface area contributed by atoms with Crippen LogP contribution in [-0.4, -0.2) is 55.3 Å². The average molecular weight is 395 g/mol. The highest BCUT2D eigenvalue weighted by molar-refractivity contribution is 7.14. The summed E-state index contributed by atoms with van der Waals surface area (Å²) in [5.41, 5.74) is 3.50. The third-order valence-electron chi connectivity index (χ3n) is 4.41. The zero-order valence-corrected chi connectivity index (χ0v) is 16.2. The smallest absolute Gasteiger partial charge is 0.414 e. The van der Waals surface area contributed by atoms with Gasteiger partial charge in [0.25, 0.3) is 5.91 Å². The molecule has 3 amide bonds. The topological polar surface area (TPSA) is 112 Å². The van der Waals surface area contributed by atoms with E-state index in [0.717, 1.165) is 13.0 Å². The van der Waals surface area contributed by atoms with Gasteiger partial charge < -0.3 is 10.1 Å². The average Bonchev–Trinajstić information content (AvgIpc) is 3.28. The molecule has 4 N–H and O–H groups in total. The Labute approximate surface area is 161 Å². The molecular formula is C17H25N5O4S. The van der Waals surface area contributed by atoms with Crippen LogP contribution in [0.1, 0.15) is 30.6 Å². The minimum Gasteiger partial charge on any atom is -0.449 e. The lowest BCUT2D eigenvalue weighted by Crippen LogP contribution is -2.57. The summed E-state index contributed by atoms with van der Waals surface area (Å²) in [6.07, 6.45) is 0.491. The number of fused-ring (bicyclic) bond motifs is 1. The van der Waals surface area contributed by atoms with E-state index in [4.69, 9.17) is 4.74 Å². The van der Waals surface area contributed by atoms with E-state index in [1.165, 1.54) is 11.3 Å². The summed E-state index contributed by atoms with van der Waals surface area (Å²) >= 11 is 1.24. The number of anilines is 1. The van der Waals surface area contributed by atoms with Crippen molar-refractivity contribution < 1.29 is 19.1 Å². The number of nitrogens with zero attached hydrogens (tertiary/aromatic N) is 1. The maximum atomic E-state index is 12.6. The van der Waals surface area contributed by atoms with Crippen molar-refractivity contribution in [1.29, 1.82) is 0 Å². The van der Waals surface area contributed by atoms with Gasteiger partial charge in [0.1, 0.15) is 5.00 Å². The number of hydrogen-bond donors (Lipinski definition) is 4. The van der Waals surface area contributed by atoms with Gasteiger partial charge in [-0.2, -0.15) is 0 Å². The van der Waals surface area contributed by atoms with E-state index >= 15 is 0 Å². The van der Waals surface area contributed by atoms with Crippen molar-refractivity contribution in [3.05, 3.63) is 17.0 Å². The largest absolute Gasteiger partial charge is 0.449 e. The number of rotatable bonds is 5. The van der Waals surface area contributed by atoms with E-state index in [-0.39, 0.29) is 36.1 Å². The molecule has 10 heteroatoms. The van der Waals surface area contributed by atoms with Crippen LogP contribution in [0.25, 0.3) is 0 Å². The number of thiophene rings is 1. The molecule has 0 aliphatic carbocycles. The van der Waals surface area contributed by atoms with Gasteiger partial charge in [-0.1, -0.05) is 13.8 Å². The van der Waals surface area contributed by atoms with Crippen molar-refractivity contribution in [2.45, 2.75) is 26.4 Å². The minimum atomic E-state index is -0.792. The van der Waals surface area contributed by atoms with E-state index in [1.807, 2.05) is 18.9 Å². The van der Waals surface area contributed by atoms with Gasteiger partial charge in [0.2, 0.25) is 5.91 Å². The maximum absolute atomic E-state index is 12.6. The Kier molecular flexibility index (Phi) is 6.42. The predicted molar refractivity (Wildman–Crippen MR) is 101 cm³/mol. The van der Waals surface area contributed by atoms with E-state index < -0.39 is 12.0 Å². The fraction of sp³-hybridized carbons (Fsp3) is 0.588. The van der Waals surface area contributed by atoms with Crippen LogP contribution in [0.5, 0.6) is 0 Å². The number of hydrogen-bond acceptors (Lipinski definition) is 8. The fourth-order valence-corrected chi connectivity index (χ4v) is 3.80. The van der Waals surface area contributed by atoms with Crippen molar-refractivity contribution in [3.63, 3.8) is 0 Å². The Morgan fingerprint density at radius 3 is 3.00 bits per heavy atom. The second-order valence-corrected chi connectivity index (χ2v) is 7.99. The molecule has 2 aliphatic heterocycles. The van der Waals surface area contributed by atoms with Gasteiger partial charge in [-0.15, -0.1) is 11.3 Å². The Hall–Kier alpha value is -2.01. The predicted octanol–water partition coefficient (Wildman–Crippen LogP) is 0.965. The SMILES string of the molecule is CC(C)COC(=O)NC(=O)c1ccsc1NC(=O)C1CNC2CCNN2C1. The molecule has 2 atom stereocenters. The molecule has 0 saturated carbocycles. The van der Waals surface area contributed by atoms with Gasteiger partial charge in [-0.25, -0.2) is 9.80 Å². The first-order chi connectivity index (χ1) is 12.9. The Morgan fingerprint density at radius 2 is 2.22 bits per heavy atom. The molecule has 1 aromatic rings. The molecule has 2 fully saturated rings. The first kappa shape index (κ1) is 19.7. The number of carbonyl (C=O) groups is 3. The molecule has 2 aliphatic rings. The van der Waals surface area contributed by atoms with Gasteiger partial charge in [-0.3, -0.25) is 25.6 Å². The fourth-order valence-electron chi connectivity index (χ4n) is 3.01. The van der Waals surface area contributed by atoms with Crippen LogP contribution < -0.4 is 21.4 Å². The van der Waals surface area contributed by atoms with E-state index in [2.05, 4.69) is 21.4 Å². The van der Waals surface area contributed by atoms with Crippen LogP contribution in [0.3, 0.4) is 0 Å². The van der Waals surface area contributed by atoms with E-state index in [0.29, 0.717) is 18.1 Å². The van der Waals surface area contributed by atoms with Crippen LogP contribution in [0, 0.1) is 11.8 Å². The summed E-state index contributed by atoms with van der Waals surface area (Å²) < 4.78 is 4.95. The molecule has 148 valence electrons. The minimum absolute atomic E-state index is 0.159. The summed E-state index contributed by atoms with van der Waals surface area (Å²) in [4.78, 5) is 36.6. The summed E-state index contributed by atoms with van der Waals surface area (Å²) in [6.45, 7) is 6.13. The van der Waals surface area contributed by atoms with Crippen molar-refractivity contribution in [2.24, 2.45) is 11.8 Å². The quantitative estimate of drug-likeness (QED) is 0.588. The molecule has 0 spiro atoms. The number of amides is 3. The van der Waals surface area contributed by atoms with E-state index in [1.54, 1.807) is 11.4 Å². The highest BCUT2D eigenvalue weighted by Crippen LogP contribution is 2.25. The lowest BCUT2D eigenvalue weighted by atomic mass is 10.1. The monoisotopic (exact) mass is 395 g/mol. The van der Waals surface area contributed by atoms with Gasteiger partial charge >= 0.3 is 6.09 Å². The zero-order valence-electron chi connectivity index (χ0n) is 15.4. The van der Waals surface area contributed by atoms with Gasteiger partial charge in [0, 0.05) is 19.6 Å². The lowest BCUT2D eigenvalue weighted by Gasteiger charge is -2.34. The normalized spacial score (nSPS) is 22.3. The van der Waals surface area contributed by atoms with Gasteiger partial charge in [0.15, 0.2) is 0 Å². The summed E-state index contributed by atoms with van der Waals surface area (Å²) in [5.74, 6) is -0.812. The van der Waals surface area contributed by atoms with Gasteiger partial charge in [0.05, 0.1) is 24.3 Å². The molecule has 9 nitrogen and oxygen atoms in total. The second-order valence-electron chi connectivity index (χ2n) is 7.07. The first-order valence-electron chi connectivity index (χ1n) is 9.04. The lowest BCUT2D eigenvalue weighted by molar-refractivity contribution is -0.122. The number of imide groups is 1. The molecule has 0 radical (unpaired) electrons. The van der Waals surface area contributed by atoms with Gasteiger partial charge in [-0.05, 0) is 23.8 Å². The van der Waals surface area contributed by atoms with Crippen LogP contribution in [0.15, 0.2) is 11.4 Å². The molecular weight excluding hydrogens is 370 g/mol. The number of ether oxygens (including phenoxy) is 1. The highest BCUT2D eigenvalue weighted by atomic mass is 32.1. The zero-order chi connectivity index (χ0) is 19.4. The van der Waals surface area contributed by atoms with Crippen LogP contribution in [0.4, 0.5) is 9.80 Å². The molecule has 3 rings (SSSR count). The molecule has 0 aromatic carbocycles. The summed E-state index contributed by atoms with van der Waals surface area (Å²) in [5, 5.41) is 12.5. The third-order valence-corrected chi connectivity index (χ3v) is 5.24. The number of hydrazine groups is 1. The maximum Gasteiger partial charge on any atom is 0.414 e. The van der Waals surface area contributed by atoms with Crippen molar-refractivity contribution >= 4 is 34.2 Å². The molecule has 0 bridgehead atoms. The van der Waals surface area contributed by atoms with Crippen LogP contribution >= 0.6 is 11.3 Å². The molecule has 2 saturated heterocycles. The molecule has 27 heavy (non-hydrogen) atoms. The first-order valence-corrected chi connectivity index (χ1v) is 9.92. The number of alkyl carbamates (subject to hydrolysis) is 1. The standard InChI is InChI=1S/C17H25N5O4S/c1-10(2)9-26-17(25)21-15(24)12-4-6-27-16(12)20-14(23)11-7-18-13-3-5-19-22(13)8-11/h4,6,10-11,13,18-19H,3,5,7-9H2,1-2H3,(H,20,23)(H,21,24,25). The molecule has 3 heterocycles.